The fraction of sp³-hybridized carbons (Fsp3) is 0.471. The summed E-state index contributed by atoms with van der Waals surface area (Å²) in [6.07, 6.45) is 2.39. The highest BCUT2D eigenvalue weighted by Gasteiger charge is 2.37. The van der Waals surface area contributed by atoms with Gasteiger partial charge in [-0.3, -0.25) is 9.69 Å². The monoisotopic (exact) mass is 313 g/mol. The van der Waals surface area contributed by atoms with Gasteiger partial charge in [-0.2, -0.15) is 15.4 Å². The molecule has 1 unspecified atom stereocenters. The Morgan fingerprint density at radius 2 is 2.17 bits per heavy atom. The molecule has 6 nitrogen and oxygen atoms in total. The number of carbonyl (C=O) groups is 1. The number of nitrogens with zero attached hydrogens (tertiary/aromatic N) is 3. The third-order valence-electron chi connectivity index (χ3n) is 4.51. The highest BCUT2D eigenvalue weighted by atomic mass is 16.2. The Kier molecular flexibility index (Phi) is 4.43. The van der Waals surface area contributed by atoms with Crippen LogP contribution in [0.2, 0.25) is 0 Å². The van der Waals surface area contributed by atoms with Crippen LogP contribution in [0, 0.1) is 5.41 Å². The fourth-order valence-corrected chi connectivity index (χ4v) is 3.26. The van der Waals surface area contributed by atoms with Crippen LogP contribution in [0.5, 0.6) is 0 Å². The Labute approximate surface area is 136 Å². The predicted octanol–water partition coefficient (Wildman–Crippen LogP) is 1.84. The van der Waals surface area contributed by atoms with Crippen LogP contribution in [0.25, 0.3) is 0 Å². The molecule has 0 spiro atoms. The van der Waals surface area contributed by atoms with Crippen molar-refractivity contribution in [1.29, 1.82) is 0 Å². The van der Waals surface area contributed by atoms with Crippen molar-refractivity contribution >= 4 is 5.91 Å². The van der Waals surface area contributed by atoms with E-state index in [1.165, 1.54) is 11.8 Å². The molecule has 2 N–H and O–H groups in total. The largest absolute Gasteiger partial charge is 0.347 e. The molecule has 122 valence electrons. The Balaban J connectivity index is 1.60. The van der Waals surface area contributed by atoms with Gasteiger partial charge >= 0.3 is 0 Å². The minimum Gasteiger partial charge on any atom is -0.347 e. The molecule has 6 heteroatoms. The van der Waals surface area contributed by atoms with Gasteiger partial charge in [0.25, 0.3) is 5.91 Å². The van der Waals surface area contributed by atoms with Crippen LogP contribution >= 0.6 is 0 Å². The molecule has 23 heavy (non-hydrogen) atoms. The van der Waals surface area contributed by atoms with Gasteiger partial charge in [0.05, 0.1) is 6.20 Å². The zero-order chi connectivity index (χ0) is 16.3. The number of hydrogen-bond donors (Lipinski definition) is 2. The van der Waals surface area contributed by atoms with E-state index in [0.717, 1.165) is 26.1 Å². The SMILES string of the molecule is CC1(C)CN(Cc2ccccc2)CCC1NC(=O)c1cn[nH]n1. The highest BCUT2D eigenvalue weighted by Crippen LogP contribution is 2.30. The molecule has 1 aromatic heterocycles. The van der Waals surface area contributed by atoms with Crippen molar-refractivity contribution in [2.24, 2.45) is 5.41 Å². The quantitative estimate of drug-likeness (QED) is 0.903. The number of benzene rings is 1. The first kappa shape index (κ1) is 15.7. The first-order valence-corrected chi connectivity index (χ1v) is 7.97. The molecule has 1 fully saturated rings. The Bertz CT molecular complexity index is 638. The summed E-state index contributed by atoms with van der Waals surface area (Å²) in [5.74, 6) is -0.159. The number of amides is 1. The number of hydrogen-bond acceptors (Lipinski definition) is 4. The second-order valence-electron chi connectivity index (χ2n) is 6.85. The summed E-state index contributed by atoms with van der Waals surface area (Å²) < 4.78 is 0. The number of likely N-dealkylation sites (tertiary alicyclic amines) is 1. The van der Waals surface area contributed by atoms with Crippen molar-refractivity contribution < 1.29 is 4.79 Å². The molecule has 0 saturated carbocycles. The van der Waals surface area contributed by atoms with E-state index in [1.807, 2.05) is 6.07 Å². The number of aromatic nitrogens is 3. The molecule has 1 atom stereocenters. The maximum absolute atomic E-state index is 12.2. The molecule has 1 aliphatic heterocycles. The summed E-state index contributed by atoms with van der Waals surface area (Å²) in [7, 11) is 0. The molecule has 2 heterocycles. The van der Waals surface area contributed by atoms with Gasteiger partial charge in [-0.15, -0.1) is 0 Å². The predicted molar refractivity (Wildman–Crippen MR) is 87.8 cm³/mol. The van der Waals surface area contributed by atoms with E-state index in [9.17, 15) is 4.79 Å². The second-order valence-corrected chi connectivity index (χ2v) is 6.85. The third kappa shape index (κ3) is 3.76. The van der Waals surface area contributed by atoms with Gasteiger partial charge in [-0.1, -0.05) is 44.2 Å². The van der Waals surface area contributed by atoms with Crippen molar-refractivity contribution in [2.75, 3.05) is 13.1 Å². The van der Waals surface area contributed by atoms with E-state index in [2.05, 4.69) is 63.7 Å². The lowest BCUT2D eigenvalue weighted by Gasteiger charge is -2.44. The van der Waals surface area contributed by atoms with Crippen LogP contribution in [-0.4, -0.2) is 45.3 Å². The van der Waals surface area contributed by atoms with Crippen LogP contribution in [0.3, 0.4) is 0 Å². The van der Waals surface area contributed by atoms with Gasteiger partial charge < -0.3 is 5.32 Å². The van der Waals surface area contributed by atoms with Gasteiger partial charge in [0, 0.05) is 25.7 Å². The van der Waals surface area contributed by atoms with E-state index in [4.69, 9.17) is 0 Å². The molecule has 1 saturated heterocycles. The lowest BCUT2D eigenvalue weighted by Crippen LogP contribution is -2.55. The summed E-state index contributed by atoms with van der Waals surface area (Å²) in [6.45, 7) is 7.29. The Morgan fingerprint density at radius 1 is 1.39 bits per heavy atom. The fourth-order valence-electron chi connectivity index (χ4n) is 3.26. The molecule has 0 aliphatic carbocycles. The third-order valence-corrected chi connectivity index (χ3v) is 4.51. The smallest absolute Gasteiger partial charge is 0.273 e. The molecular formula is C17H23N5O. The number of rotatable bonds is 4. The standard InChI is InChI=1S/C17H23N5O/c1-17(2)12-22(11-13-6-4-3-5-7-13)9-8-15(17)19-16(23)14-10-18-21-20-14/h3-7,10,15H,8-9,11-12H2,1-2H3,(H,19,23)(H,18,20,21). The maximum atomic E-state index is 12.2. The zero-order valence-corrected chi connectivity index (χ0v) is 13.6. The van der Waals surface area contributed by atoms with E-state index in [1.54, 1.807) is 0 Å². The number of aromatic amines is 1. The average Bonchev–Trinajstić information content (AvgIpc) is 3.05. The summed E-state index contributed by atoms with van der Waals surface area (Å²) >= 11 is 0. The van der Waals surface area contributed by atoms with Crippen LogP contribution in [0.15, 0.2) is 36.5 Å². The maximum Gasteiger partial charge on any atom is 0.273 e. The van der Waals surface area contributed by atoms with E-state index in [-0.39, 0.29) is 17.4 Å². The molecule has 1 aromatic carbocycles. The first-order valence-electron chi connectivity index (χ1n) is 7.97. The molecule has 1 amide bonds. The topological polar surface area (TPSA) is 73.9 Å². The minimum atomic E-state index is -0.159. The molecular weight excluding hydrogens is 290 g/mol. The molecule has 1 aliphatic rings. The lowest BCUT2D eigenvalue weighted by molar-refractivity contribution is 0.0613. The highest BCUT2D eigenvalue weighted by molar-refractivity contribution is 5.92. The number of carbonyl (C=O) groups excluding carboxylic acids is 1. The van der Waals surface area contributed by atoms with Crippen LogP contribution in [0.4, 0.5) is 0 Å². The molecule has 3 rings (SSSR count). The van der Waals surface area contributed by atoms with Crippen molar-refractivity contribution in [1.82, 2.24) is 25.6 Å². The first-order chi connectivity index (χ1) is 11.0. The van der Waals surface area contributed by atoms with Gasteiger partial charge in [0.2, 0.25) is 0 Å². The van der Waals surface area contributed by atoms with Gasteiger partial charge in [-0.05, 0) is 17.4 Å². The minimum absolute atomic E-state index is 0.00638. The van der Waals surface area contributed by atoms with Gasteiger partial charge in [0.1, 0.15) is 0 Å². The van der Waals surface area contributed by atoms with Crippen LogP contribution < -0.4 is 5.32 Å². The normalized spacial score (nSPS) is 21.0. The number of piperidine rings is 1. The number of H-pyrrole nitrogens is 1. The Morgan fingerprint density at radius 3 is 2.83 bits per heavy atom. The van der Waals surface area contributed by atoms with Crippen LogP contribution in [0.1, 0.15) is 36.3 Å². The molecule has 0 bridgehead atoms. The zero-order valence-electron chi connectivity index (χ0n) is 13.6. The van der Waals surface area contributed by atoms with E-state index in [0.29, 0.717) is 5.69 Å². The second kappa shape index (κ2) is 6.50. The van der Waals surface area contributed by atoms with Crippen molar-refractivity contribution in [2.45, 2.75) is 32.9 Å². The average molecular weight is 313 g/mol. The van der Waals surface area contributed by atoms with Crippen LogP contribution in [-0.2, 0) is 6.54 Å². The molecule has 0 radical (unpaired) electrons. The van der Waals surface area contributed by atoms with E-state index >= 15 is 0 Å². The van der Waals surface area contributed by atoms with Crippen molar-refractivity contribution in [3.8, 4) is 0 Å². The Hall–Kier alpha value is -2.21. The molecule has 2 aromatic rings. The van der Waals surface area contributed by atoms with Gasteiger partial charge in [-0.25, -0.2) is 0 Å². The van der Waals surface area contributed by atoms with Crippen molar-refractivity contribution in [3.63, 3.8) is 0 Å². The summed E-state index contributed by atoms with van der Waals surface area (Å²) in [4.78, 5) is 14.6. The summed E-state index contributed by atoms with van der Waals surface area (Å²) in [6, 6.07) is 10.6. The van der Waals surface area contributed by atoms with E-state index < -0.39 is 0 Å². The van der Waals surface area contributed by atoms with Gasteiger partial charge in [0.15, 0.2) is 5.69 Å². The summed E-state index contributed by atoms with van der Waals surface area (Å²) in [5.41, 5.74) is 1.67. The lowest BCUT2D eigenvalue weighted by atomic mass is 9.79. The summed E-state index contributed by atoms with van der Waals surface area (Å²) in [5, 5.41) is 13.1. The van der Waals surface area contributed by atoms with Crippen molar-refractivity contribution in [3.05, 3.63) is 47.8 Å². The number of nitrogens with one attached hydrogen (secondary N) is 2.